The van der Waals surface area contributed by atoms with E-state index in [-0.39, 0.29) is 12.4 Å². The number of hydrazone groups is 1. The van der Waals surface area contributed by atoms with E-state index in [2.05, 4.69) is 20.0 Å². The molecule has 1 aromatic carbocycles. The van der Waals surface area contributed by atoms with E-state index in [0.717, 1.165) is 18.3 Å². The van der Waals surface area contributed by atoms with Gasteiger partial charge in [-0.15, -0.1) is 13.2 Å². The zero-order valence-electron chi connectivity index (χ0n) is 9.90. The summed E-state index contributed by atoms with van der Waals surface area (Å²) >= 11 is 0. The largest absolute Gasteiger partial charge is 0.573 e. The van der Waals surface area contributed by atoms with Crippen LogP contribution in [0.25, 0.3) is 0 Å². The third kappa shape index (κ3) is 6.29. The normalized spacial score (nSPS) is 11.4. The van der Waals surface area contributed by atoms with Crippen molar-refractivity contribution in [2.24, 2.45) is 5.10 Å². The van der Waals surface area contributed by atoms with Crippen LogP contribution in [0.5, 0.6) is 5.75 Å². The van der Waals surface area contributed by atoms with Crippen LogP contribution >= 0.6 is 0 Å². The van der Waals surface area contributed by atoms with Gasteiger partial charge in [-0.2, -0.15) is 5.10 Å². The molecule has 0 spiro atoms. The zero-order valence-corrected chi connectivity index (χ0v) is 9.90. The first-order valence-electron chi connectivity index (χ1n) is 5.22. The lowest BCUT2D eigenvalue weighted by Gasteiger charge is -2.08. The van der Waals surface area contributed by atoms with E-state index in [1.165, 1.54) is 12.1 Å². The SMILES string of the molecule is CCOC(=O)/C=N\Nc1ccc(OC(F)(F)F)cc1. The van der Waals surface area contributed by atoms with Gasteiger partial charge in [-0.05, 0) is 31.2 Å². The number of ether oxygens (including phenoxy) is 2. The molecule has 0 bridgehead atoms. The molecule has 1 aromatic rings. The summed E-state index contributed by atoms with van der Waals surface area (Å²) in [4.78, 5) is 10.9. The highest BCUT2D eigenvalue weighted by atomic mass is 19.4. The van der Waals surface area contributed by atoms with Crippen LogP contribution in [0.4, 0.5) is 18.9 Å². The van der Waals surface area contributed by atoms with Gasteiger partial charge in [0.25, 0.3) is 0 Å². The minimum absolute atomic E-state index is 0.230. The monoisotopic (exact) mass is 276 g/mol. The number of anilines is 1. The van der Waals surface area contributed by atoms with Gasteiger partial charge in [-0.25, -0.2) is 4.79 Å². The third-order valence-electron chi connectivity index (χ3n) is 1.74. The van der Waals surface area contributed by atoms with Crippen LogP contribution in [-0.4, -0.2) is 25.2 Å². The molecule has 0 aromatic heterocycles. The number of carbonyl (C=O) groups excluding carboxylic acids is 1. The van der Waals surface area contributed by atoms with Gasteiger partial charge in [0.2, 0.25) is 0 Å². The van der Waals surface area contributed by atoms with Crippen molar-refractivity contribution in [1.29, 1.82) is 0 Å². The fourth-order valence-corrected chi connectivity index (χ4v) is 1.07. The second kappa shape index (κ2) is 6.62. The number of hydrogen-bond donors (Lipinski definition) is 1. The lowest BCUT2D eigenvalue weighted by atomic mass is 10.3. The highest BCUT2D eigenvalue weighted by Crippen LogP contribution is 2.23. The van der Waals surface area contributed by atoms with Crippen molar-refractivity contribution in [2.75, 3.05) is 12.0 Å². The molecule has 0 radical (unpaired) electrons. The molecule has 8 heteroatoms. The van der Waals surface area contributed by atoms with E-state index in [1.807, 2.05) is 0 Å². The van der Waals surface area contributed by atoms with Gasteiger partial charge < -0.3 is 9.47 Å². The molecule has 0 unspecified atom stereocenters. The van der Waals surface area contributed by atoms with Crippen molar-refractivity contribution in [3.63, 3.8) is 0 Å². The first-order chi connectivity index (χ1) is 8.90. The van der Waals surface area contributed by atoms with Crippen molar-refractivity contribution < 1.29 is 27.4 Å². The summed E-state index contributed by atoms with van der Waals surface area (Å²) < 4.78 is 44.0. The fourth-order valence-electron chi connectivity index (χ4n) is 1.07. The molecular weight excluding hydrogens is 265 g/mol. The summed E-state index contributed by atoms with van der Waals surface area (Å²) in [5.41, 5.74) is 2.85. The number of nitrogens with zero attached hydrogens (tertiary/aromatic N) is 1. The van der Waals surface area contributed by atoms with Gasteiger partial charge >= 0.3 is 12.3 Å². The van der Waals surface area contributed by atoms with Crippen LogP contribution in [0, 0.1) is 0 Å². The smallest absolute Gasteiger partial charge is 0.462 e. The lowest BCUT2D eigenvalue weighted by molar-refractivity contribution is -0.274. The molecule has 0 atom stereocenters. The summed E-state index contributed by atoms with van der Waals surface area (Å²) in [6.07, 6.45) is -3.80. The van der Waals surface area contributed by atoms with Crippen molar-refractivity contribution in [2.45, 2.75) is 13.3 Å². The number of nitrogens with one attached hydrogen (secondary N) is 1. The van der Waals surface area contributed by atoms with Crippen LogP contribution < -0.4 is 10.2 Å². The molecule has 1 N–H and O–H groups in total. The van der Waals surface area contributed by atoms with Gasteiger partial charge in [-0.1, -0.05) is 0 Å². The van der Waals surface area contributed by atoms with Gasteiger partial charge in [-0.3, -0.25) is 5.43 Å². The van der Waals surface area contributed by atoms with Gasteiger partial charge in [0.05, 0.1) is 12.3 Å². The van der Waals surface area contributed by atoms with E-state index in [0.29, 0.717) is 5.69 Å². The molecular formula is C11H11F3N2O3. The molecule has 0 saturated heterocycles. The van der Waals surface area contributed by atoms with Crippen LogP contribution in [0.1, 0.15) is 6.92 Å². The number of esters is 1. The lowest BCUT2D eigenvalue weighted by Crippen LogP contribution is -2.16. The molecule has 0 fully saturated rings. The molecule has 5 nitrogen and oxygen atoms in total. The summed E-state index contributed by atoms with van der Waals surface area (Å²) in [5, 5.41) is 3.55. The highest BCUT2D eigenvalue weighted by Gasteiger charge is 2.30. The Morgan fingerprint density at radius 2 is 2.00 bits per heavy atom. The van der Waals surface area contributed by atoms with Gasteiger partial charge in [0.15, 0.2) is 0 Å². The van der Waals surface area contributed by atoms with Crippen LogP contribution in [0.15, 0.2) is 29.4 Å². The number of alkyl halides is 3. The molecule has 0 aliphatic rings. The molecule has 0 amide bonds. The zero-order chi connectivity index (χ0) is 14.3. The number of benzene rings is 1. The Morgan fingerprint density at radius 1 is 1.37 bits per heavy atom. The Morgan fingerprint density at radius 3 is 2.53 bits per heavy atom. The van der Waals surface area contributed by atoms with E-state index < -0.39 is 12.3 Å². The minimum atomic E-state index is -4.73. The summed E-state index contributed by atoms with van der Waals surface area (Å²) in [5.74, 6) is -0.959. The molecule has 104 valence electrons. The van der Waals surface area contributed by atoms with Crippen LogP contribution in [0.2, 0.25) is 0 Å². The second-order valence-electron chi connectivity index (χ2n) is 3.19. The predicted octanol–water partition coefficient (Wildman–Crippen LogP) is 2.55. The minimum Gasteiger partial charge on any atom is -0.462 e. The van der Waals surface area contributed by atoms with Gasteiger partial charge in [0, 0.05) is 0 Å². The summed E-state index contributed by atoms with van der Waals surface area (Å²) in [6.45, 7) is 1.88. The van der Waals surface area contributed by atoms with Crippen LogP contribution in [0.3, 0.4) is 0 Å². The van der Waals surface area contributed by atoms with Crippen molar-refractivity contribution in [3.05, 3.63) is 24.3 Å². The first-order valence-corrected chi connectivity index (χ1v) is 5.22. The Hall–Kier alpha value is -2.25. The number of rotatable bonds is 5. The molecule has 0 saturated carbocycles. The molecule has 0 heterocycles. The van der Waals surface area contributed by atoms with Crippen molar-refractivity contribution in [3.8, 4) is 5.75 Å². The summed E-state index contributed by atoms with van der Waals surface area (Å²) in [6, 6.07) is 4.89. The van der Waals surface area contributed by atoms with Crippen molar-refractivity contribution >= 4 is 17.9 Å². The maximum atomic E-state index is 11.9. The second-order valence-corrected chi connectivity index (χ2v) is 3.19. The Labute approximate surface area is 107 Å². The topological polar surface area (TPSA) is 59.9 Å². The highest BCUT2D eigenvalue weighted by molar-refractivity contribution is 6.23. The average molecular weight is 276 g/mol. The molecule has 19 heavy (non-hydrogen) atoms. The van der Waals surface area contributed by atoms with Gasteiger partial charge in [0.1, 0.15) is 12.0 Å². The summed E-state index contributed by atoms with van der Waals surface area (Å²) in [7, 11) is 0. The van der Waals surface area contributed by atoms with E-state index in [4.69, 9.17) is 0 Å². The van der Waals surface area contributed by atoms with E-state index in [1.54, 1.807) is 6.92 Å². The fraction of sp³-hybridized carbons (Fsp3) is 0.273. The average Bonchev–Trinajstić information content (AvgIpc) is 2.30. The molecule has 0 aliphatic carbocycles. The number of carbonyl (C=O) groups is 1. The Kier molecular flexibility index (Phi) is 5.16. The maximum Gasteiger partial charge on any atom is 0.573 e. The Bertz CT molecular complexity index is 443. The molecule has 1 rings (SSSR count). The number of halogens is 3. The van der Waals surface area contributed by atoms with E-state index >= 15 is 0 Å². The Balaban J connectivity index is 2.51. The number of hydrogen-bond acceptors (Lipinski definition) is 5. The van der Waals surface area contributed by atoms with E-state index in [9.17, 15) is 18.0 Å². The molecule has 0 aliphatic heterocycles. The predicted molar refractivity (Wildman–Crippen MR) is 61.9 cm³/mol. The maximum absolute atomic E-state index is 11.9. The quantitative estimate of drug-likeness (QED) is 0.510. The standard InChI is InChI=1S/C11H11F3N2O3/c1-2-18-10(17)7-15-16-8-3-5-9(6-4-8)19-11(12,13)14/h3-7,16H,2H2,1H3/b15-7-. The van der Waals surface area contributed by atoms with Crippen LogP contribution in [-0.2, 0) is 9.53 Å². The first kappa shape index (κ1) is 14.8. The van der Waals surface area contributed by atoms with Crippen molar-refractivity contribution in [1.82, 2.24) is 0 Å². The third-order valence-corrected chi connectivity index (χ3v) is 1.74.